The Morgan fingerprint density at radius 1 is 1.14 bits per heavy atom. The molecule has 1 aliphatic carbocycles. The molecule has 0 N–H and O–H groups in total. The molecule has 1 aliphatic heterocycles. The van der Waals surface area contributed by atoms with Crippen LogP contribution in [0.25, 0.3) is 5.57 Å². The average molecular weight is 352 g/mol. The molecule has 0 aromatic heterocycles. The highest BCUT2D eigenvalue weighted by atomic mass is 79.9. The van der Waals surface area contributed by atoms with Gasteiger partial charge in [-0.15, -0.1) is 0 Å². The fourth-order valence-corrected chi connectivity index (χ4v) is 3.45. The van der Waals surface area contributed by atoms with Crippen LogP contribution in [0.5, 0.6) is 5.75 Å². The van der Waals surface area contributed by atoms with Crippen molar-refractivity contribution in [3.05, 3.63) is 69.2 Å². The molecule has 1 heterocycles. The van der Waals surface area contributed by atoms with E-state index in [0.29, 0.717) is 12.5 Å². The number of nitrogens with zero attached hydrogens (tertiary/aromatic N) is 1. The highest BCUT2D eigenvalue weighted by Gasteiger charge is 2.32. The van der Waals surface area contributed by atoms with Gasteiger partial charge in [-0.2, -0.15) is 5.26 Å². The summed E-state index contributed by atoms with van der Waals surface area (Å²) in [6.07, 6.45) is 2.22. The van der Waals surface area contributed by atoms with E-state index < -0.39 is 0 Å². The Morgan fingerprint density at radius 2 is 1.95 bits per heavy atom. The van der Waals surface area contributed by atoms with Crippen LogP contribution >= 0.6 is 15.9 Å². The van der Waals surface area contributed by atoms with Crippen LogP contribution in [0.15, 0.2) is 52.5 Å². The van der Waals surface area contributed by atoms with Gasteiger partial charge in [0.25, 0.3) is 0 Å². The molecule has 2 nitrogen and oxygen atoms in total. The van der Waals surface area contributed by atoms with Gasteiger partial charge < -0.3 is 4.74 Å². The number of allylic oxidation sites excluding steroid dienone is 1. The van der Waals surface area contributed by atoms with Gasteiger partial charge in [0.05, 0.1) is 6.07 Å². The number of para-hydroxylation sites is 1. The van der Waals surface area contributed by atoms with E-state index >= 15 is 0 Å². The van der Waals surface area contributed by atoms with Crippen molar-refractivity contribution in [2.45, 2.75) is 19.4 Å². The number of ether oxygens (including phenoxy) is 1. The molecule has 2 aromatic rings. The summed E-state index contributed by atoms with van der Waals surface area (Å²) in [5.41, 5.74) is 5.24. The first-order valence-corrected chi connectivity index (χ1v) is 8.22. The van der Waals surface area contributed by atoms with Crippen LogP contribution in [-0.2, 0) is 6.61 Å². The van der Waals surface area contributed by atoms with Gasteiger partial charge in [0.2, 0.25) is 0 Å². The normalized spacial score (nSPS) is 18.4. The van der Waals surface area contributed by atoms with E-state index in [1.54, 1.807) is 0 Å². The van der Waals surface area contributed by atoms with Crippen molar-refractivity contribution in [2.24, 2.45) is 5.92 Å². The van der Waals surface area contributed by atoms with E-state index in [1.807, 2.05) is 24.3 Å². The van der Waals surface area contributed by atoms with Gasteiger partial charge in [-0.05, 0) is 48.1 Å². The van der Waals surface area contributed by atoms with E-state index in [4.69, 9.17) is 4.74 Å². The third-order valence-corrected chi connectivity index (χ3v) is 4.74. The highest BCUT2D eigenvalue weighted by molar-refractivity contribution is 9.10. The van der Waals surface area contributed by atoms with Gasteiger partial charge in [-0.25, -0.2) is 0 Å². The number of nitriles is 1. The van der Waals surface area contributed by atoms with E-state index in [1.165, 1.54) is 0 Å². The van der Waals surface area contributed by atoms with Crippen LogP contribution in [0, 0.1) is 17.2 Å². The van der Waals surface area contributed by atoms with Gasteiger partial charge in [0.15, 0.2) is 0 Å². The van der Waals surface area contributed by atoms with Crippen molar-refractivity contribution in [3.63, 3.8) is 0 Å². The summed E-state index contributed by atoms with van der Waals surface area (Å²) in [4.78, 5) is 0. The molecule has 0 bridgehead atoms. The molecule has 3 heteroatoms. The lowest BCUT2D eigenvalue weighted by Crippen LogP contribution is -1.97. The molecule has 0 unspecified atom stereocenters. The van der Waals surface area contributed by atoms with Crippen LogP contribution in [0.3, 0.4) is 0 Å². The van der Waals surface area contributed by atoms with Gasteiger partial charge in [0.1, 0.15) is 12.4 Å². The quantitative estimate of drug-likeness (QED) is 0.671. The standard InChI is InChI=1S/C19H14BrNO/c20-14-7-8-15-13(9-14)11-22-18-4-2-1-3-16(18)19(15)17(10-21)12-5-6-12/h1-4,7-9,12H,5-6,11H2/b19-17-. The third kappa shape index (κ3) is 2.24. The second-order valence-corrected chi connectivity index (χ2v) is 6.68. The Bertz CT molecular complexity index is 828. The van der Waals surface area contributed by atoms with E-state index in [-0.39, 0.29) is 0 Å². The minimum absolute atomic E-state index is 0.405. The molecule has 0 amide bonds. The van der Waals surface area contributed by atoms with Crippen LogP contribution < -0.4 is 4.74 Å². The zero-order valence-corrected chi connectivity index (χ0v) is 13.6. The second kappa shape index (κ2) is 5.30. The fraction of sp³-hybridized carbons (Fsp3) is 0.211. The molecule has 2 aromatic carbocycles. The molecule has 4 rings (SSSR count). The Kier molecular flexibility index (Phi) is 3.28. The van der Waals surface area contributed by atoms with Crippen LogP contribution in [0.2, 0.25) is 0 Å². The van der Waals surface area contributed by atoms with Crippen molar-refractivity contribution in [1.29, 1.82) is 5.26 Å². The number of benzene rings is 2. The summed E-state index contributed by atoms with van der Waals surface area (Å²) in [6, 6.07) is 16.7. The van der Waals surface area contributed by atoms with Gasteiger partial charge in [-0.1, -0.05) is 40.2 Å². The number of hydrogen-bond acceptors (Lipinski definition) is 2. The summed E-state index contributed by atoms with van der Waals surface area (Å²) in [5.74, 6) is 1.26. The lowest BCUT2D eigenvalue weighted by molar-refractivity contribution is 0.307. The number of rotatable bonds is 1. The lowest BCUT2D eigenvalue weighted by atomic mass is 9.89. The van der Waals surface area contributed by atoms with E-state index in [0.717, 1.165) is 50.9 Å². The largest absolute Gasteiger partial charge is 0.488 e. The van der Waals surface area contributed by atoms with E-state index in [2.05, 4.69) is 40.2 Å². The molecule has 1 saturated carbocycles. The topological polar surface area (TPSA) is 33.0 Å². The SMILES string of the molecule is N#C/C(=C1\c2ccc(Br)cc2COc2ccccc21)C1CC1. The van der Waals surface area contributed by atoms with Crippen LogP contribution in [-0.4, -0.2) is 0 Å². The number of hydrogen-bond donors (Lipinski definition) is 0. The minimum atomic E-state index is 0.405. The first-order valence-electron chi connectivity index (χ1n) is 7.43. The first kappa shape index (κ1) is 13.6. The molecule has 2 aliphatic rings. The van der Waals surface area contributed by atoms with Crippen molar-refractivity contribution < 1.29 is 4.74 Å². The predicted octanol–water partition coefficient (Wildman–Crippen LogP) is 5.08. The number of fused-ring (bicyclic) bond motifs is 2. The average Bonchev–Trinajstić information content (AvgIpc) is 3.37. The minimum Gasteiger partial charge on any atom is -0.488 e. The van der Waals surface area contributed by atoms with Crippen LogP contribution in [0.1, 0.15) is 29.5 Å². The lowest BCUT2D eigenvalue weighted by Gasteiger charge is -2.13. The summed E-state index contributed by atoms with van der Waals surface area (Å²) in [6.45, 7) is 0.526. The maximum Gasteiger partial charge on any atom is 0.127 e. The van der Waals surface area contributed by atoms with Gasteiger partial charge in [0, 0.05) is 21.2 Å². The summed E-state index contributed by atoms with van der Waals surface area (Å²) in [7, 11) is 0. The molecule has 0 atom stereocenters. The summed E-state index contributed by atoms with van der Waals surface area (Å²) in [5, 5.41) is 9.73. The molecular weight excluding hydrogens is 338 g/mol. The van der Waals surface area contributed by atoms with Crippen LogP contribution in [0.4, 0.5) is 0 Å². The summed E-state index contributed by atoms with van der Waals surface area (Å²) < 4.78 is 7.02. The third-order valence-electron chi connectivity index (χ3n) is 4.25. The first-order chi connectivity index (χ1) is 10.8. The molecular formula is C19H14BrNO. The van der Waals surface area contributed by atoms with Gasteiger partial charge >= 0.3 is 0 Å². The van der Waals surface area contributed by atoms with Crippen molar-refractivity contribution in [1.82, 2.24) is 0 Å². The molecule has 22 heavy (non-hydrogen) atoms. The predicted molar refractivity (Wildman–Crippen MR) is 89.3 cm³/mol. The number of halogens is 1. The molecule has 0 spiro atoms. The van der Waals surface area contributed by atoms with Gasteiger partial charge in [-0.3, -0.25) is 0 Å². The molecule has 1 fully saturated rings. The Balaban J connectivity index is 2.05. The van der Waals surface area contributed by atoms with E-state index in [9.17, 15) is 5.26 Å². The van der Waals surface area contributed by atoms with Crippen molar-refractivity contribution in [2.75, 3.05) is 0 Å². The maximum atomic E-state index is 9.73. The highest BCUT2D eigenvalue weighted by Crippen LogP contribution is 2.46. The Morgan fingerprint density at radius 3 is 2.73 bits per heavy atom. The molecule has 108 valence electrons. The van der Waals surface area contributed by atoms with Crippen molar-refractivity contribution in [3.8, 4) is 11.8 Å². The monoisotopic (exact) mass is 351 g/mol. The fourth-order valence-electron chi connectivity index (χ4n) is 3.04. The molecule has 0 radical (unpaired) electrons. The van der Waals surface area contributed by atoms with Crippen molar-refractivity contribution >= 4 is 21.5 Å². The zero-order valence-electron chi connectivity index (χ0n) is 12.0. The molecule has 0 saturated heterocycles. The zero-order chi connectivity index (χ0) is 15.1. The Labute approximate surface area is 138 Å². The smallest absolute Gasteiger partial charge is 0.127 e. The maximum absolute atomic E-state index is 9.73. The summed E-state index contributed by atoms with van der Waals surface area (Å²) >= 11 is 3.53. The Hall–Kier alpha value is -2.05. The second-order valence-electron chi connectivity index (χ2n) is 5.76.